The van der Waals surface area contributed by atoms with Gasteiger partial charge in [-0.3, -0.25) is 4.98 Å². The summed E-state index contributed by atoms with van der Waals surface area (Å²) < 4.78 is 0. The van der Waals surface area contributed by atoms with Crippen LogP contribution in [-0.4, -0.2) is 11.5 Å². The van der Waals surface area contributed by atoms with E-state index < -0.39 is 0 Å². The Hall–Kier alpha value is -1.25. The molecule has 0 saturated carbocycles. The SMILES string of the molecule is CC1(C)CN(Cc2ccccn2)c2ccccc21.Cl.Cl. The van der Waals surface area contributed by atoms with E-state index in [0.717, 1.165) is 18.8 Å². The molecule has 0 aliphatic carbocycles. The minimum atomic E-state index is 0. The molecule has 0 spiro atoms. The Morgan fingerprint density at radius 3 is 2.45 bits per heavy atom. The number of pyridine rings is 1. The molecule has 0 N–H and O–H groups in total. The molecule has 0 fully saturated rings. The van der Waals surface area contributed by atoms with Crippen LogP contribution in [0.15, 0.2) is 48.7 Å². The zero-order chi connectivity index (χ0) is 12.6. The summed E-state index contributed by atoms with van der Waals surface area (Å²) in [4.78, 5) is 6.85. The predicted octanol–water partition coefficient (Wildman–Crippen LogP) is 4.22. The topological polar surface area (TPSA) is 16.1 Å². The summed E-state index contributed by atoms with van der Waals surface area (Å²) in [7, 11) is 0. The number of fused-ring (bicyclic) bond motifs is 1. The lowest BCUT2D eigenvalue weighted by Gasteiger charge is -2.22. The summed E-state index contributed by atoms with van der Waals surface area (Å²) in [6.07, 6.45) is 1.86. The summed E-state index contributed by atoms with van der Waals surface area (Å²) >= 11 is 0. The Balaban J connectivity index is 0.000001000. The molecule has 2 nitrogen and oxygen atoms in total. The number of para-hydroxylation sites is 1. The first-order chi connectivity index (χ1) is 8.67. The van der Waals surface area contributed by atoms with E-state index in [1.54, 1.807) is 0 Å². The average molecular weight is 311 g/mol. The zero-order valence-electron chi connectivity index (χ0n) is 11.7. The van der Waals surface area contributed by atoms with Gasteiger partial charge in [0.1, 0.15) is 0 Å². The van der Waals surface area contributed by atoms with Crippen molar-refractivity contribution in [3.63, 3.8) is 0 Å². The summed E-state index contributed by atoms with van der Waals surface area (Å²) in [5.41, 5.74) is 4.16. The van der Waals surface area contributed by atoms with Crippen molar-refractivity contribution < 1.29 is 0 Å². The molecular weight excluding hydrogens is 291 g/mol. The quantitative estimate of drug-likeness (QED) is 0.825. The van der Waals surface area contributed by atoms with Crippen molar-refractivity contribution in [2.45, 2.75) is 25.8 Å². The number of hydrogen-bond acceptors (Lipinski definition) is 2. The third kappa shape index (κ3) is 3.08. The van der Waals surface area contributed by atoms with E-state index in [-0.39, 0.29) is 30.2 Å². The average Bonchev–Trinajstić information content (AvgIpc) is 2.63. The molecule has 1 aliphatic rings. The highest BCUT2D eigenvalue weighted by molar-refractivity contribution is 5.85. The number of aromatic nitrogens is 1. The fourth-order valence-corrected chi connectivity index (χ4v) is 2.80. The molecule has 0 atom stereocenters. The molecule has 4 heteroatoms. The van der Waals surface area contributed by atoms with Crippen molar-refractivity contribution >= 4 is 30.5 Å². The van der Waals surface area contributed by atoms with Crippen LogP contribution in [-0.2, 0) is 12.0 Å². The number of hydrogen-bond donors (Lipinski definition) is 0. The van der Waals surface area contributed by atoms with E-state index in [0.29, 0.717) is 0 Å². The molecule has 2 heterocycles. The zero-order valence-corrected chi connectivity index (χ0v) is 13.4. The Morgan fingerprint density at radius 2 is 1.75 bits per heavy atom. The predicted molar refractivity (Wildman–Crippen MR) is 89.3 cm³/mol. The second kappa shape index (κ2) is 6.47. The van der Waals surface area contributed by atoms with Gasteiger partial charge < -0.3 is 4.90 Å². The first-order valence-electron chi connectivity index (χ1n) is 6.41. The lowest BCUT2D eigenvalue weighted by atomic mass is 9.87. The Labute approximate surface area is 133 Å². The molecular formula is C16H20Cl2N2. The second-order valence-corrected chi connectivity index (χ2v) is 5.58. The Bertz CT molecular complexity index is 555. The standard InChI is InChI=1S/C16H18N2.2ClH/c1-16(2)12-18(11-13-7-5-6-10-17-13)15-9-4-3-8-14(15)16;;/h3-10H,11-12H2,1-2H3;2*1H. The first-order valence-corrected chi connectivity index (χ1v) is 6.41. The number of nitrogens with zero attached hydrogens (tertiary/aromatic N) is 2. The Morgan fingerprint density at radius 1 is 1.05 bits per heavy atom. The van der Waals surface area contributed by atoms with Crippen LogP contribution in [0.5, 0.6) is 0 Å². The maximum absolute atomic E-state index is 4.42. The molecule has 2 aromatic rings. The molecule has 3 rings (SSSR count). The minimum Gasteiger partial charge on any atom is -0.365 e. The largest absolute Gasteiger partial charge is 0.365 e. The summed E-state index contributed by atoms with van der Waals surface area (Å²) in [5, 5.41) is 0. The van der Waals surface area contributed by atoms with Crippen LogP contribution in [0.1, 0.15) is 25.1 Å². The molecule has 0 saturated heterocycles. The van der Waals surface area contributed by atoms with E-state index in [2.05, 4.69) is 60.1 Å². The molecule has 108 valence electrons. The van der Waals surface area contributed by atoms with Gasteiger partial charge in [0, 0.05) is 23.8 Å². The van der Waals surface area contributed by atoms with Crippen molar-refractivity contribution in [1.29, 1.82) is 0 Å². The highest BCUT2D eigenvalue weighted by Crippen LogP contribution is 2.40. The van der Waals surface area contributed by atoms with Gasteiger partial charge in [-0.2, -0.15) is 0 Å². The van der Waals surface area contributed by atoms with Crippen molar-refractivity contribution in [2.75, 3.05) is 11.4 Å². The third-order valence-electron chi connectivity index (χ3n) is 3.64. The van der Waals surface area contributed by atoms with E-state index >= 15 is 0 Å². The molecule has 0 amide bonds. The molecule has 1 aromatic carbocycles. The van der Waals surface area contributed by atoms with Gasteiger partial charge in [0.25, 0.3) is 0 Å². The van der Waals surface area contributed by atoms with Gasteiger partial charge in [0.15, 0.2) is 0 Å². The Kier molecular flexibility index (Phi) is 5.43. The van der Waals surface area contributed by atoms with Crippen LogP contribution >= 0.6 is 24.8 Å². The van der Waals surface area contributed by atoms with Gasteiger partial charge in [-0.05, 0) is 23.8 Å². The second-order valence-electron chi connectivity index (χ2n) is 5.58. The van der Waals surface area contributed by atoms with Crippen LogP contribution in [0, 0.1) is 0 Å². The van der Waals surface area contributed by atoms with E-state index in [1.807, 2.05) is 12.3 Å². The number of benzene rings is 1. The fraction of sp³-hybridized carbons (Fsp3) is 0.312. The van der Waals surface area contributed by atoms with Gasteiger partial charge in [0.2, 0.25) is 0 Å². The molecule has 20 heavy (non-hydrogen) atoms. The molecule has 1 aromatic heterocycles. The van der Waals surface area contributed by atoms with Gasteiger partial charge in [-0.1, -0.05) is 38.1 Å². The van der Waals surface area contributed by atoms with Crippen LogP contribution < -0.4 is 4.90 Å². The summed E-state index contributed by atoms with van der Waals surface area (Å²) in [6.45, 7) is 6.57. The van der Waals surface area contributed by atoms with Gasteiger partial charge >= 0.3 is 0 Å². The minimum absolute atomic E-state index is 0. The van der Waals surface area contributed by atoms with E-state index in [9.17, 15) is 0 Å². The van der Waals surface area contributed by atoms with Crippen LogP contribution in [0.2, 0.25) is 0 Å². The third-order valence-corrected chi connectivity index (χ3v) is 3.64. The van der Waals surface area contributed by atoms with Crippen molar-refractivity contribution in [2.24, 2.45) is 0 Å². The van der Waals surface area contributed by atoms with Crippen molar-refractivity contribution in [3.05, 3.63) is 59.9 Å². The van der Waals surface area contributed by atoms with Gasteiger partial charge in [0.05, 0.1) is 12.2 Å². The number of halogens is 2. The smallest absolute Gasteiger partial charge is 0.0602 e. The van der Waals surface area contributed by atoms with Crippen molar-refractivity contribution in [3.8, 4) is 0 Å². The van der Waals surface area contributed by atoms with Crippen LogP contribution in [0.25, 0.3) is 0 Å². The van der Waals surface area contributed by atoms with Crippen LogP contribution in [0.3, 0.4) is 0 Å². The highest BCUT2D eigenvalue weighted by atomic mass is 35.5. The lowest BCUT2D eigenvalue weighted by Crippen LogP contribution is -2.28. The van der Waals surface area contributed by atoms with Gasteiger partial charge in [-0.15, -0.1) is 24.8 Å². The van der Waals surface area contributed by atoms with Crippen LogP contribution in [0.4, 0.5) is 5.69 Å². The maximum Gasteiger partial charge on any atom is 0.0602 e. The summed E-state index contributed by atoms with van der Waals surface area (Å²) in [6, 6.07) is 14.8. The maximum atomic E-state index is 4.42. The number of rotatable bonds is 2. The monoisotopic (exact) mass is 310 g/mol. The highest BCUT2D eigenvalue weighted by Gasteiger charge is 2.34. The van der Waals surface area contributed by atoms with Gasteiger partial charge in [-0.25, -0.2) is 0 Å². The normalized spacial score (nSPS) is 15.0. The fourth-order valence-electron chi connectivity index (χ4n) is 2.80. The van der Waals surface area contributed by atoms with E-state index in [4.69, 9.17) is 0 Å². The lowest BCUT2D eigenvalue weighted by molar-refractivity contribution is 0.548. The van der Waals surface area contributed by atoms with Crippen molar-refractivity contribution in [1.82, 2.24) is 4.98 Å². The molecule has 0 unspecified atom stereocenters. The number of anilines is 1. The summed E-state index contributed by atoms with van der Waals surface area (Å²) in [5.74, 6) is 0. The first kappa shape index (κ1) is 16.8. The molecule has 0 bridgehead atoms. The van der Waals surface area contributed by atoms with E-state index in [1.165, 1.54) is 11.3 Å². The molecule has 0 radical (unpaired) electrons. The molecule has 1 aliphatic heterocycles.